The van der Waals surface area contributed by atoms with Crippen LogP contribution in [0.15, 0.2) is 66.5 Å². The summed E-state index contributed by atoms with van der Waals surface area (Å²) in [4.78, 5) is 22.5. The first-order valence-corrected chi connectivity index (χ1v) is 13.1. The van der Waals surface area contributed by atoms with Gasteiger partial charge in [0.15, 0.2) is 10.8 Å². The Kier molecular flexibility index (Phi) is 7.01. The number of halogens is 2. The van der Waals surface area contributed by atoms with Crippen LogP contribution in [0.3, 0.4) is 0 Å². The van der Waals surface area contributed by atoms with E-state index in [2.05, 4.69) is 32.1 Å². The number of aromatic nitrogens is 5. The van der Waals surface area contributed by atoms with Crippen LogP contribution in [-0.4, -0.2) is 36.4 Å². The number of carbonyl (C=O) groups excluding carboxylic acids is 1. The fraction of sp³-hybridized carbons (Fsp3) is 0.125. The van der Waals surface area contributed by atoms with Crippen LogP contribution in [0.5, 0.6) is 0 Å². The number of para-hydroxylation sites is 1. The molecule has 0 spiro atoms. The summed E-state index contributed by atoms with van der Waals surface area (Å²) >= 11 is 14.9. The zero-order chi connectivity index (χ0) is 24.4. The van der Waals surface area contributed by atoms with E-state index in [-0.39, 0.29) is 11.7 Å². The van der Waals surface area contributed by atoms with Gasteiger partial charge in [-0.2, -0.15) is 0 Å². The van der Waals surface area contributed by atoms with Crippen molar-refractivity contribution in [1.82, 2.24) is 24.7 Å². The maximum atomic E-state index is 12.5. The number of carbonyl (C=O) groups is 1. The van der Waals surface area contributed by atoms with E-state index < -0.39 is 0 Å². The fourth-order valence-corrected chi connectivity index (χ4v) is 5.48. The fourth-order valence-electron chi connectivity index (χ4n) is 3.66. The van der Waals surface area contributed by atoms with Gasteiger partial charge in [-0.15, -0.1) is 28.1 Å². The molecule has 3 aromatic heterocycles. The lowest BCUT2D eigenvalue weighted by molar-refractivity contribution is -0.113. The molecule has 0 bridgehead atoms. The molecular formula is C24H18Cl2N6OS2. The smallest absolute Gasteiger partial charge is 0.236 e. The second kappa shape index (κ2) is 10.3. The van der Waals surface area contributed by atoms with Crippen molar-refractivity contribution in [3.05, 3.63) is 81.8 Å². The summed E-state index contributed by atoms with van der Waals surface area (Å²) in [6, 6.07) is 13.3. The number of amides is 1. The highest BCUT2D eigenvalue weighted by molar-refractivity contribution is 7.99. The Hall–Kier alpha value is -2.98. The third kappa shape index (κ3) is 5.18. The number of rotatable bonds is 8. The molecule has 0 unspecified atom stereocenters. The minimum atomic E-state index is -0.202. The normalized spacial score (nSPS) is 11.3. The number of anilines is 1. The van der Waals surface area contributed by atoms with Gasteiger partial charge in [0, 0.05) is 39.5 Å². The lowest BCUT2D eigenvalue weighted by Crippen LogP contribution is -2.14. The van der Waals surface area contributed by atoms with Gasteiger partial charge < -0.3 is 9.88 Å². The van der Waals surface area contributed by atoms with Gasteiger partial charge in [0.2, 0.25) is 11.1 Å². The zero-order valence-corrected chi connectivity index (χ0v) is 21.4. The van der Waals surface area contributed by atoms with Gasteiger partial charge in [-0.3, -0.25) is 4.79 Å². The first-order chi connectivity index (χ1) is 17.0. The Labute approximate surface area is 219 Å². The second-order valence-corrected chi connectivity index (χ2v) is 10.5. The van der Waals surface area contributed by atoms with E-state index >= 15 is 0 Å². The first kappa shape index (κ1) is 23.7. The van der Waals surface area contributed by atoms with Gasteiger partial charge in [-0.05, 0) is 29.8 Å². The third-order valence-corrected chi connectivity index (χ3v) is 7.53. The van der Waals surface area contributed by atoms with Crippen LogP contribution in [0.1, 0.15) is 10.4 Å². The molecule has 176 valence electrons. The molecule has 2 aromatic carbocycles. The Balaban J connectivity index is 1.25. The number of thiazole rings is 1. The Bertz CT molecular complexity index is 1560. The number of hydrogen-bond donors (Lipinski definition) is 1. The van der Waals surface area contributed by atoms with E-state index in [0.717, 1.165) is 26.9 Å². The molecule has 0 aliphatic carbocycles. The molecule has 5 aromatic rings. The lowest BCUT2D eigenvalue weighted by atomic mass is 10.1. The van der Waals surface area contributed by atoms with E-state index in [1.165, 1.54) is 23.1 Å². The van der Waals surface area contributed by atoms with Crippen molar-refractivity contribution in [2.45, 2.75) is 18.1 Å². The molecule has 0 radical (unpaired) electrons. The summed E-state index contributed by atoms with van der Waals surface area (Å²) in [5, 5.41) is 14.6. The molecule has 0 saturated heterocycles. The molecule has 1 amide bonds. The number of thioether (sulfide) groups is 1. The predicted octanol–water partition coefficient (Wildman–Crippen LogP) is 6.25. The Morgan fingerprint density at radius 1 is 1.20 bits per heavy atom. The molecule has 0 fully saturated rings. The average Bonchev–Trinajstić information content (AvgIpc) is 3.42. The van der Waals surface area contributed by atoms with Crippen molar-refractivity contribution in [1.29, 1.82) is 0 Å². The van der Waals surface area contributed by atoms with Crippen molar-refractivity contribution in [3.63, 3.8) is 0 Å². The average molecular weight is 541 g/mol. The molecule has 0 aliphatic rings. The number of nitrogens with one attached hydrogen (secondary N) is 1. The van der Waals surface area contributed by atoms with Crippen LogP contribution in [-0.2, 0) is 17.8 Å². The minimum Gasteiger partial charge on any atom is -0.320 e. The number of nitrogens with zero attached hydrogens (tertiary/aromatic N) is 5. The van der Waals surface area contributed by atoms with Gasteiger partial charge in [0.25, 0.3) is 0 Å². The van der Waals surface area contributed by atoms with Crippen LogP contribution >= 0.6 is 46.3 Å². The molecule has 1 N–H and O–H groups in total. The summed E-state index contributed by atoms with van der Waals surface area (Å²) < 4.78 is 2.04. The number of allylic oxidation sites excluding steroid dienone is 1. The SMILES string of the molecule is C=CCn1c2ccccc2c2nnc(SCC(=O)Nc3ncc(Cc4cc(Cl)ccc4Cl)s3)nc21. The summed E-state index contributed by atoms with van der Waals surface area (Å²) in [7, 11) is 0. The number of hydrogen-bond acceptors (Lipinski definition) is 7. The van der Waals surface area contributed by atoms with Gasteiger partial charge >= 0.3 is 0 Å². The standard InChI is InChI=1S/C24H18Cl2N6OS2/c1-2-9-32-19-6-4-3-5-17(19)21-22(32)29-24(31-30-21)34-13-20(33)28-23-27-12-16(35-23)11-14-10-15(25)7-8-18(14)26/h2-8,10,12H,1,9,11,13H2,(H,27,28,33). The van der Waals surface area contributed by atoms with E-state index in [4.69, 9.17) is 23.2 Å². The van der Waals surface area contributed by atoms with Crippen molar-refractivity contribution in [2.75, 3.05) is 11.1 Å². The Morgan fingerprint density at radius 3 is 2.91 bits per heavy atom. The molecule has 0 atom stereocenters. The van der Waals surface area contributed by atoms with E-state index in [9.17, 15) is 4.79 Å². The number of benzene rings is 2. The zero-order valence-electron chi connectivity index (χ0n) is 18.2. The van der Waals surface area contributed by atoms with Crippen LogP contribution in [0.4, 0.5) is 5.13 Å². The Morgan fingerprint density at radius 2 is 2.06 bits per heavy atom. The maximum Gasteiger partial charge on any atom is 0.236 e. The van der Waals surface area contributed by atoms with Crippen LogP contribution < -0.4 is 5.32 Å². The lowest BCUT2D eigenvalue weighted by Gasteiger charge is -2.04. The first-order valence-electron chi connectivity index (χ1n) is 10.6. The van der Waals surface area contributed by atoms with Gasteiger partial charge in [0.1, 0.15) is 5.52 Å². The van der Waals surface area contributed by atoms with Crippen molar-refractivity contribution >= 4 is 79.4 Å². The van der Waals surface area contributed by atoms with E-state index in [0.29, 0.717) is 38.9 Å². The van der Waals surface area contributed by atoms with Crippen molar-refractivity contribution < 1.29 is 4.79 Å². The summed E-state index contributed by atoms with van der Waals surface area (Å²) in [5.41, 5.74) is 3.37. The quantitative estimate of drug-likeness (QED) is 0.185. The van der Waals surface area contributed by atoms with Crippen LogP contribution in [0, 0.1) is 0 Å². The van der Waals surface area contributed by atoms with Gasteiger partial charge in [-0.1, -0.05) is 59.2 Å². The minimum absolute atomic E-state index is 0.129. The summed E-state index contributed by atoms with van der Waals surface area (Å²) in [6.45, 7) is 4.44. The van der Waals surface area contributed by atoms with E-state index in [1.807, 2.05) is 41.0 Å². The molecule has 3 heterocycles. The molecule has 35 heavy (non-hydrogen) atoms. The molecule has 11 heteroatoms. The molecule has 0 aliphatic heterocycles. The van der Waals surface area contributed by atoms with Crippen molar-refractivity contribution in [3.8, 4) is 0 Å². The topological polar surface area (TPSA) is 85.6 Å². The highest BCUT2D eigenvalue weighted by Gasteiger charge is 2.15. The molecular weight excluding hydrogens is 523 g/mol. The molecule has 7 nitrogen and oxygen atoms in total. The van der Waals surface area contributed by atoms with E-state index in [1.54, 1.807) is 18.3 Å². The summed E-state index contributed by atoms with van der Waals surface area (Å²) in [6.07, 6.45) is 4.13. The van der Waals surface area contributed by atoms with Crippen LogP contribution in [0.2, 0.25) is 10.0 Å². The van der Waals surface area contributed by atoms with Gasteiger partial charge in [-0.25, -0.2) is 9.97 Å². The number of fused-ring (bicyclic) bond motifs is 3. The second-order valence-electron chi connectivity index (χ2n) is 7.56. The van der Waals surface area contributed by atoms with Crippen LogP contribution in [0.25, 0.3) is 22.1 Å². The molecule has 5 rings (SSSR count). The monoisotopic (exact) mass is 540 g/mol. The predicted molar refractivity (Wildman–Crippen MR) is 144 cm³/mol. The molecule has 0 saturated carbocycles. The largest absolute Gasteiger partial charge is 0.320 e. The van der Waals surface area contributed by atoms with Gasteiger partial charge in [0.05, 0.1) is 11.3 Å². The summed E-state index contributed by atoms with van der Waals surface area (Å²) in [5.74, 6) is -0.0730. The van der Waals surface area contributed by atoms with Crippen molar-refractivity contribution in [2.24, 2.45) is 0 Å². The highest BCUT2D eigenvalue weighted by atomic mass is 35.5. The highest BCUT2D eigenvalue weighted by Crippen LogP contribution is 2.28. The maximum absolute atomic E-state index is 12.5. The third-order valence-electron chi connectivity index (χ3n) is 5.17.